The summed E-state index contributed by atoms with van der Waals surface area (Å²) < 4.78 is 14.5. The van der Waals surface area contributed by atoms with Gasteiger partial charge in [-0.2, -0.15) is 0 Å². The molecule has 2 amide bonds. The Labute approximate surface area is 228 Å². The van der Waals surface area contributed by atoms with Gasteiger partial charge in [-0.05, 0) is 58.5 Å². The number of carbonyl (C=O) groups is 4. The van der Waals surface area contributed by atoms with Gasteiger partial charge in [-0.25, -0.2) is 9.29 Å². The normalized spacial score (nSPS) is 26.2. The average Bonchev–Trinajstić information content (AvgIpc) is 3.17. The summed E-state index contributed by atoms with van der Waals surface area (Å²) in [5.41, 5.74) is 1.12. The van der Waals surface area contributed by atoms with Gasteiger partial charge in [0.2, 0.25) is 11.8 Å². The second-order valence-electron chi connectivity index (χ2n) is 9.89. The number of phenolic OH excluding ortho intramolecular Hbond substituents is 1. The summed E-state index contributed by atoms with van der Waals surface area (Å²) in [5, 5.41) is 21.0. The number of non-ortho nitro benzene ring substituents is 1. The molecule has 4 atom stereocenters. The lowest BCUT2D eigenvalue weighted by molar-refractivity contribution is -0.384. The van der Waals surface area contributed by atoms with Crippen LogP contribution in [0.15, 0.2) is 75.8 Å². The maximum atomic E-state index is 14.5. The Balaban J connectivity index is 1.48. The number of hydrogen-bond donors (Lipinski definition) is 1. The fourth-order valence-electron chi connectivity index (χ4n) is 6.29. The van der Waals surface area contributed by atoms with Crippen molar-refractivity contribution in [2.75, 3.05) is 4.90 Å². The van der Waals surface area contributed by atoms with Gasteiger partial charge in [-0.15, -0.1) is 0 Å². The molecule has 0 spiro atoms. The number of carbonyl (C=O) groups excluding carboxylic acids is 4. The molecule has 0 aromatic heterocycles. The average molecular weight is 593 g/mol. The summed E-state index contributed by atoms with van der Waals surface area (Å²) >= 11 is 3.14. The van der Waals surface area contributed by atoms with E-state index in [0.717, 1.165) is 23.1 Å². The van der Waals surface area contributed by atoms with Crippen molar-refractivity contribution >= 4 is 50.7 Å². The van der Waals surface area contributed by atoms with E-state index in [1.165, 1.54) is 30.3 Å². The van der Waals surface area contributed by atoms with Gasteiger partial charge in [-0.3, -0.25) is 29.3 Å². The Morgan fingerprint density at radius 3 is 2.54 bits per heavy atom. The summed E-state index contributed by atoms with van der Waals surface area (Å²) in [5.74, 6) is -6.55. The molecule has 1 saturated heterocycles. The molecule has 0 saturated carbocycles. The van der Waals surface area contributed by atoms with E-state index in [4.69, 9.17) is 0 Å². The summed E-state index contributed by atoms with van der Waals surface area (Å²) in [4.78, 5) is 65.3. The first-order valence-electron chi connectivity index (χ1n) is 12.1. The number of hydrogen-bond acceptors (Lipinski definition) is 7. The van der Waals surface area contributed by atoms with Gasteiger partial charge in [0, 0.05) is 35.3 Å². The van der Waals surface area contributed by atoms with Gasteiger partial charge in [0.15, 0.2) is 23.1 Å². The first-order chi connectivity index (χ1) is 18.6. The van der Waals surface area contributed by atoms with E-state index in [2.05, 4.69) is 15.9 Å². The van der Waals surface area contributed by atoms with Crippen LogP contribution in [-0.2, 0) is 19.2 Å². The number of nitrogens with zero attached hydrogens (tertiary/aromatic N) is 2. The van der Waals surface area contributed by atoms with Crippen molar-refractivity contribution in [3.63, 3.8) is 0 Å². The van der Waals surface area contributed by atoms with Crippen molar-refractivity contribution in [2.45, 2.75) is 18.8 Å². The molecular formula is C28H18BrFN2O7. The highest BCUT2D eigenvalue weighted by Crippen LogP contribution is 2.55. The first kappa shape index (κ1) is 25.1. The van der Waals surface area contributed by atoms with Crippen molar-refractivity contribution in [1.82, 2.24) is 0 Å². The molecule has 1 aliphatic heterocycles. The predicted octanol–water partition coefficient (Wildman–Crippen LogP) is 4.41. The molecule has 2 aromatic rings. The number of ketones is 2. The van der Waals surface area contributed by atoms with E-state index >= 15 is 0 Å². The van der Waals surface area contributed by atoms with Gasteiger partial charge in [0.05, 0.1) is 26.9 Å². The van der Waals surface area contributed by atoms with E-state index < -0.39 is 63.5 Å². The van der Waals surface area contributed by atoms with Gasteiger partial charge in [0.1, 0.15) is 0 Å². The molecule has 1 fully saturated rings. The van der Waals surface area contributed by atoms with Gasteiger partial charge < -0.3 is 5.11 Å². The number of benzene rings is 2. The Morgan fingerprint density at radius 2 is 1.82 bits per heavy atom. The van der Waals surface area contributed by atoms with E-state index in [-0.39, 0.29) is 39.8 Å². The molecule has 6 rings (SSSR count). The van der Waals surface area contributed by atoms with Crippen molar-refractivity contribution in [3.05, 3.63) is 97.3 Å². The number of rotatable bonds is 3. The van der Waals surface area contributed by atoms with Crippen LogP contribution in [0.3, 0.4) is 0 Å². The minimum absolute atomic E-state index is 0.0225. The zero-order chi connectivity index (χ0) is 27.7. The lowest BCUT2D eigenvalue weighted by Gasteiger charge is -2.42. The number of imide groups is 1. The quantitative estimate of drug-likeness (QED) is 0.183. The highest BCUT2D eigenvalue weighted by Gasteiger charge is 2.56. The van der Waals surface area contributed by atoms with Crippen LogP contribution in [0.5, 0.6) is 5.75 Å². The SMILES string of the molecule is O=C1C=C(Br)C(=O)C2=C1C(c1ccc(O)c(F)c1)C1=CCC3C(=O)N(c4cccc([N+](=O)[O-])c4)C(=O)C3C1C2. The van der Waals surface area contributed by atoms with E-state index in [1.54, 1.807) is 6.08 Å². The second kappa shape index (κ2) is 8.91. The van der Waals surface area contributed by atoms with Crippen LogP contribution in [0.25, 0.3) is 0 Å². The molecule has 11 heteroatoms. The van der Waals surface area contributed by atoms with Crippen LogP contribution in [0.1, 0.15) is 24.3 Å². The highest BCUT2D eigenvalue weighted by molar-refractivity contribution is 9.12. The minimum Gasteiger partial charge on any atom is -0.505 e. The number of fused-ring (bicyclic) bond motifs is 3. The van der Waals surface area contributed by atoms with E-state index in [0.29, 0.717) is 11.1 Å². The molecule has 3 aliphatic carbocycles. The minimum atomic E-state index is -0.902. The summed E-state index contributed by atoms with van der Waals surface area (Å²) in [6.07, 6.45) is 3.13. The van der Waals surface area contributed by atoms with Crippen LogP contribution >= 0.6 is 15.9 Å². The standard InChI is InChI=1S/C28H18BrFN2O7/c29-19-11-22(34)25-18(26(19)35)10-17-15(23(25)12-4-7-21(33)20(30)8-12)5-6-16-24(17)28(37)31(27(16)36)13-2-1-3-14(9-13)32(38)39/h1-5,7-9,11,16-17,23-24,33H,6,10H2. The fourth-order valence-corrected chi connectivity index (χ4v) is 6.74. The number of nitro groups is 1. The summed E-state index contributed by atoms with van der Waals surface area (Å²) in [6.45, 7) is 0. The molecule has 4 unspecified atom stereocenters. The lowest BCUT2D eigenvalue weighted by atomic mass is 9.59. The number of Topliss-reactive ketones (excluding diaryl/α,β-unsaturated/α-hetero) is 1. The Hall–Kier alpha value is -4.25. The monoisotopic (exact) mass is 592 g/mol. The third-order valence-corrected chi connectivity index (χ3v) is 8.52. The highest BCUT2D eigenvalue weighted by atomic mass is 79.9. The van der Waals surface area contributed by atoms with Crippen molar-refractivity contribution in [2.24, 2.45) is 17.8 Å². The lowest BCUT2D eigenvalue weighted by Crippen LogP contribution is -2.39. The maximum absolute atomic E-state index is 14.5. The zero-order valence-corrected chi connectivity index (χ0v) is 21.6. The number of allylic oxidation sites excluding steroid dienone is 6. The third-order valence-electron chi connectivity index (χ3n) is 7.94. The fraction of sp³-hybridized carbons (Fsp3) is 0.214. The van der Waals surface area contributed by atoms with Gasteiger partial charge in [0.25, 0.3) is 5.69 Å². The van der Waals surface area contributed by atoms with Crippen LogP contribution in [0.4, 0.5) is 15.8 Å². The smallest absolute Gasteiger partial charge is 0.271 e. The molecular weight excluding hydrogens is 575 g/mol. The van der Waals surface area contributed by atoms with Crippen LogP contribution < -0.4 is 4.90 Å². The van der Waals surface area contributed by atoms with Gasteiger partial charge >= 0.3 is 0 Å². The number of anilines is 1. The number of amides is 2. The molecule has 0 bridgehead atoms. The summed E-state index contributed by atoms with van der Waals surface area (Å²) in [6, 6.07) is 8.99. The Bertz CT molecular complexity index is 1640. The van der Waals surface area contributed by atoms with Crippen LogP contribution in [0.2, 0.25) is 0 Å². The molecule has 9 nitrogen and oxygen atoms in total. The van der Waals surface area contributed by atoms with E-state index in [1.807, 2.05) is 0 Å². The van der Waals surface area contributed by atoms with Crippen molar-refractivity contribution < 1.29 is 33.6 Å². The number of halogens is 2. The van der Waals surface area contributed by atoms with Crippen molar-refractivity contribution in [3.8, 4) is 5.75 Å². The maximum Gasteiger partial charge on any atom is 0.271 e. The largest absolute Gasteiger partial charge is 0.505 e. The Morgan fingerprint density at radius 1 is 1.05 bits per heavy atom. The topological polar surface area (TPSA) is 135 Å². The number of phenols is 1. The molecule has 196 valence electrons. The Kier molecular flexibility index (Phi) is 5.72. The van der Waals surface area contributed by atoms with Crippen molar-refractivity contribution in [1.29, 1.82) is 0 Å². The molecule has 39 heavy (non-hydrogen) atoms. The van der Waals surface area contributed by atoms with Crippen LogP contribution in [0, 0.1) is 33.7 Å². The molecule has 1 N–H and O–H groups in total. The van der Waals surface area contributed by atoms with E-state index in [9.17, 15) is 38.8 Å². The zero-order valence-electron chi connectivity index (χ0n) is 20.0. The molecule has 0 radical (unpaired) electrons. The molecule has 4 aliphatic rings. The second-order valence-corrected chi connectivity index (χ2v) is 10.7. The van der Waals surface area contributed by atoms with Crippen LogP contribution in [-0.4, -0.2) is 33.4 Å². The number of nitro benzene ring substituents is 1. The molecule has 1 heterocycles. The van der Waals surface area contributed by atoms with Gasteiger partial charge in [-0.1, -0.05) is 23.8 Å². The summed E-state index contributed by atoms with van der Waals surface area (Å²) in [7, 11) is 0. The third kappa shape index (κ3) is 3.71. The predicted molar refractivity (Wildman–Crippen MR) is 138 cm³/mol. The molecule has 2 aromatic carbocycles. The number of aromatic hydroxyl groups is 1. The first-order valence-corrected chi connectivity index (χ1v) is 12.9.